The summed E-state index contributed by atoms with van der Waals surface area (Å²) in [5.74, 6) is -0.171. The minimum Gasteiger partial charge on any atom is -0.434 e. The first-order valence-corrected chi connectivity index (χ1v) is 9.15. The standard InChI is InChI=1S/C21H19FN4O2/c22-16-7-1-2-9-19(16)28-20-13-23-12-18(25-20)15-6-5-11-26(14-15)21(27)17-8-3-4-10-24-17/h1-4,7-10,12-13,15H,5-6,11,14H2. The number of amides is 1. The third-order valence-corrected chi connectivity index (χ3v) is 4.69. The monoisotopic (exact) mass is 378 g/mol. The van der Waals surface area contributed by atoms with Crippen LogP contribution in [0.4, 0.5) is 4.39 Å². The summed E-state index contributed by atoms with van der Waals surface area (Å²) in [5, 5.41) is 0. The second kappa shape index (κ2) is 8.12. The minimum atomic E-state index is -0.459. The van der Waals surface area contributed by atoms with E-state index in [1.807, 2.05) is 0 Å². The predicted molar refractivity (Wildman–Crippen MR) is 101 cm³/mol. The third-order valence-electron chi connectivity index (χ3n) is 4.69. The van der Waals surface area contributed by atoms with E-state index in [1.54, 1.807) is 47.6 Å². The maximum atomic E-state index is 13.8. The number of carbonyl (C=O) groups is 1. The Labute approximate surface area is 162 Å². The second-order valence-electron chi connectivity index (χ2n) is 6.62. The number of pyridine rings is 1. The maximum absolute atomic E-state index is 13.8. The third kappa shape index (κ3) is 3.98. The molecule has 3 aromatic rings. The Morgan fingerprint density at radius 2 is 2.00 bits per heavy atom. The number of para-hydroxylation sites is 1. The Hall–Kier alpha value is -3.35. The summed E-state index contributed by atoms with van der Waals surface area (Å²) < 4.78 is 19.4. The summed E-state index contributed by atoms with van der Waals surface area (Å²) >= 11 is 0. The summed E-state index contributed by atoms with van der Waals surface area (Å²) in [4.78, 5) is 27.3. The van der Waals surface area contributed by atoms with Gasteiger partial charge in [0.05, 0.1) is 11.9 Å². The predicted octanol–water partition coefficient (Wildman–Crippen LogP) is 3.82. The van der Waals surface area contributed by atoms with Gasteiger partial charge < -0.3 is 9.64 Å². The molecule has 1 aliphatic heterocycles. The van der Waals surface area contributed by atoms with Gasteiger partial charge in [0.15, 0.2) is 11.6 Å². The fourth-order valence-electron chi connectivity index (χ4n) is 3.30. The van der Waals surface area contributed by atoms with Gasteiger partial charge in [-0.15, -0.1) is 0 Å². The lowest BCUT2D eigenvalue weighted by molar-refractivity contribution is 0.0699. The second-order valence-corrected chi connectivity index (χ2v) is 6.62. The van der Waals surface area contributed by atoms with Crippen molar-refractivity contribution in [3.8, 4) is 11.6 Å². The van der Waals surface area contributed by atoms with Crippen LogP contribution < -0.4 is 4.74 Å². The van der Waals surface area contributed by atoms with Gasteiger partial charge in [-0.25, -0.2) is 9.37 Å². The molecule has 0 spiro atoms. The zero-order chi connectivity index (χ0) is 19.3. The number of aromatic nitrogens is 3. The van der Waals surface area contributed by atoms with Crippen LogP contribution in [-0.2, 0) is 0 Å². The van der Waals surface area contributed by atoms with Crippen molar-refractivity contribution in [2.45, 2.75) is 18.8 Å². The van der Waals surface area contributed by atoms with Gasteiger partial charge >= 0.3 is 0 Å². The van der Waals surface area contributed by atoms with Crippen LogP contribution in [0.5, 0.6) is 11.6 Å². The molecule has 1 fully saturated rings. The summed E-state index contributed by atoms with van der Waals surface area (Å²) in [6.07, 6.45) is 6.50. The number of halogens is 1. The molecule has 0 radical (unpaired) electrons. The largest absolute Gasteiger partial charge is 0.434 e. The molecule has 1 amide bonds. The first-order chi connectivity index (χ1) is 13.7. The van der Waals surface area contributed by atoms with Crippen LogP contribution in [0, 0.1) is 5.82 Å². The number of hydrogen-bond donors (Lipinski definition) is 0. The van der Waals surface area contributed by atoms with Gasteiger partial charge in [0, 0.05) is 31.4 Å². The molecule has 1 unspecified atom stereocenters. The Balaban J connectivity index is 1.49. The Morgan fingerprint density at radius 3 is 2.82 bits per heavy atom. The fourth-order valence-corrected chi connectivity index (χ4v) is 3.30. The van der Waals surface area contributed by atoms with E-state index in [-0.39, 0.29) is 23.5 Å². The van der Waals surface area contributed by atoms with Crippen LogP contribution in [0.3, 0.4) is 0 Å². The lowest BCUT2D eigenvalue weighted by Gasteiger charge is -2.32. The molecule has 142 valence electrons. The van der Waals surface area contributed by atoms with Crippen LogP contribution in [-0.4, -0.2) is 38.8 Å². The quantitative estimate of drug-likeness (QED) is 0.690. The number of benzene rings is 1. The van der Waals surface area contributed by atoms with E-state index in [9.17, 15) is 9.18 Å². The Kier molecular flexibility index (Phi) is 5.23. The number of rotatable bonds is 4. The molecule has 1 aliphatic rings. The molecule has 2 aromatic heterocycles. The van der Waals surface area contributed by atoms with Crippen molar-refractivity contribution in [2.75, 3.05) is 13.1 Å². The molecule has 6 nitrogen and oxygen atoms in total. The normalized spacial score (nSPS) is 16.6. The van der Waals surface area contributed by atoms with Crippen molar-refractivity contribution in [1.82, 2.24) is 19.9 Å². The molecule has 1 atom stereocenters. The Morgan fingerprint density at radius 1 is 1.14 bits per heavy atom. The first kappa shape index (κ1) is 18.0. The van der Waals surface area contributed by atoms with Gasteiger partial charge in [-0.05, 0) is 37.1 Å². The fraction of sp³-hybridized carbons (Fsp3) is 0.238. The molecule has 4 rings (SSSR count). The summed E-state index contributed by atoms with van der Waals surface area (Å²) in [7, 11) is 0. The molecule has 0 aliphatic carbocycles. The van der Waals surface area contributed by atoms with Crippen LogP contribution in [0.15, 0.2) is 61.1 Å². The van der Waals surface area contributed by atoms with Crippen molar-refractivity contribution in [1.29, 1.82) is 0 Å². The van der Waals surface area contributed by atoms with Crippen molar-refractivity contribution in [3.05, 3.63) is 78.3 Å². The molecule has 0 saturated carbocycles. The Bertz CT molecular complexity index is 967. The average Bonchev–Trinajstić information content (AvgIpc) is 2.76. The highest BCUT2D eigenvalue weighted by atomic mass is 19.1. The van der Waals surface area contributed by atoms with Crippen molar-refractivity contribution < 1.29 is 13.9 Å². The topological polar surface area (TPSA) is 68.2 Å². The molecule has 0 N–H and O–H groups in total. The number of carbonyl (C=O) groups excluding carboxylic acids is 1. The molecule has 28 heavy (non-hydrogen) atoms. The van der Waals surface area contributed by atoms with E-state index < -0.39 is 5.82 Å². The molecule has 0 bridgehead atoms. The van der Waals surface area contributed by atoms with Crippen LogP contribution in [0.25, 0.3) is 0 Å². The number of likely N-dealkylation sites (tertiary alicyclic amines) is 1. The average molecular weight is 378 g/mol. The van der Waals surface area contributed by atoms with Crippen LogP contribution in [0.2, 0.25) is 0 Å². The molecular weight excluding hydrogens is 359 g/mol. The number of hydrogen-bond acceptors (Lipinski definition) is 5. The van der Waals surface area contributed by atoms with E-state index >= 15 is 0 Å². The van der Waals surface area contributed by atoms with Crippen LogP contribution >= 0.6 is 0 Å². The lowest BCUT2D eigenvalue weighted by Crippen LogP contribution is -2.39. The van der Waals surface area contributed by atoms with Gasteiger partial charge in [-0.3, -0.25) is 14.8 Å². The number of nitrogens with zero attached hydrogens (tertiary/aromatic N) is 4. The molecule has 1 aromatic carbocycles. The van der Waals surface area contributed by atoms with Crippen molar-refractivity contribution in [3.63, 3.8) is 0 Å². The molecular formula is C21H19FN4O2. The summed E-state index contributed by atoms with van der Waals surface area (Å²) in [6.45, 7) is 1.22. The zero-order valence-corrected chi connectivity index (χ0v) is 15.2. The highest BCUT2D eigenvalue weighted by Crippen LogP contribution is 2.28. The number of ether oxygens (including phenoxy) is 1. The summed E-state index contributed by atoms with van der Waals surface area (Å²) in [6, 6.07) is 11.5. The van der Waals surface area contributed by atoms with Gasteiger partial charge in [-0.2, -0.15) is 0 Å². The van der Waals surface area contributed by atoms with E-state index in [2.05, 4.69) is 15.0 Å². The van der Waals surface area contributed by atoms with Crippen molar-refractivity contribution >= 4 is 5.91 Å². The SMILES string of the molecule is O=C(c1ccccn1)N1CCCC(c2cncc(Oc3ccccc3F)n2)C1. The highest BCUT2D eigenvalue weighted by Gasteiger charge is 2.27. The van der Waals surface area contributed by atoms with Gasteiger partial charge in [0.2, 0.25) is 5.88 Å². The maximum Gasteiger partial charge on any atom is 0.272 e. The minimum absolute atomic E-state index is 0.0399. The number of piperidine rings is 1. The zero-order valence-electron chi connectivity index (χ0n) is 15.2. The first-order valence-electron chi connectivity index (χ1n) is 9.15. The lowest BCUT2D eigenvalue weighted by atomic mass is 9.95. The van der Waals surface area contributed by atoms with E-state index in [1.165, 1.54) is 18.3 Å². The van der Waals surface area contributed by atoms with Crippen molar-refractivity contribution in [2.24, 2.45) is 0 Å². The molecule has 1 saturated heterocycles. The smallest absolute Gasteiger partial charge is 0.272 e. The summed E-state index contributed by atoms with van der Waals surface area (Å²) in [5.41, 5.74) is 1.17. The molecule has 3 heterocycles. The van der Waals surface area contributed by atoms with Gasteiger partial charge in [0.25, 0.3) is 5.91 Å². The van der Waals surface area contributed by atoms with Gasteiger partial charge in [-0.1, -0.05) is 18.2 Å². The van der Waals surface area contributed by atoms with Gasteiger partial charge in [0.1, 0.15) is 5.69 Å². The van der Waals surface area contributed by atoms with E-state index in [4.69, 9.17) is 4.74 Å². The van der Waals surface area contributed by atoms with E-state index in [0.29, 0.717) is 18.8 Å². The van der Waals surface area contributed by atoms with E-state index in [0.717, 1.165) is 18.5 Å². The van der Waals surface area contributed by atoms with Crippen LogP contribution in [0.1, 0.15) is 34.9 Å². The highest BCUT2D eigenvalue weighted by molar-refractivity contribution is 5.92. The molecule has 7 heteroatoms.